The molecule has 0 bridgehead atoms. The van der Waals surface area contributed by atoms with E-state index in [0.29, 0.717) is 16.7 Å². The zero-order valence-corrected chi connectivity index (χ0v) is 16.4. The van der Waals surface area contributed by atoms with Gasteiger partial charge in [-0.05, 0) is 35.4 Å². The maximum absolute atomic E-state index is 14.4. The monoisotopic (exact) mass is 407 g/mol. The third-order valence-electron chi connectivity index (χ3n) is 4.75. The molecule has 0 saturated carbocycles. The predicted octanol–water partition coefficient (Wildman–Crippen LogP) is 5.06. The Morgan fingerprint density at radius 2 is 1.45 bits per heavy atom. The third-order valence-corrected chi connectivity index (χ3v) is 5.88. The molecule has 0 atom stereocenters. The van der Waals surface area contributed by atoms with E-state index in [4.69, 9.17) is 0 Å². The van der Waals surface area contributed by atoms with Crippen molar-refractivity contribution >= 4 is 9.84 Å². The maximum atomic E-state index is 14.4. The molecule has 146 valence electrons. The first-order valence-electron chi connectivity index (χ1n) is 8.91. The first-order valence-corrected chi connectivity index (χ1v) is 10.8. The minimum atomic E-state index is -3.32. The van der Waals surface area contributed by atoms with Crippen molar-refractivity contribution in [2.24, 2.45) is 0 Å². The van der Waals surface area contributed by atoms with Crippen LogP contribution in [-0.2, 0) is 9.84 Å². The Hall–Kier alpha value is -3.38. The Morgan fingerprint density at radius 1 is 0.828 bits per heavy atom. The van der Waals surface area contributed by atoms with E-state index in [2.05, 4.69) is 0 Å². The van der Waals surface area contributed by atoms with Crippen molar-refractivity contribution in [3.8, 4) is 33.8 Å². The quantitative estimate of drug-likeness (QED) is 0.514. The van der Waals surface area contributed by atoms with E-state index in [9.17, 15) is 17.9 Å². The zero-order valence-electron chi connectivity index (χ0n) is 15.6. The molecule has 1 N–H and O–H groups in total. The summed E-state index contributed by atoms with van der Waals surface area (Å²) in [7, 11) is -3.32. The largest absolute Gasteiger partial charge is 0.494 e. The Bertz CT molecular complexity index is 1280. The topological polar surface area (TPSA) is 59.3 Å². The van der Waals surface area contributed by atoms with E-state index < -0.39 is 15.7 Å². The molecule has 0 spiro atoms. The van der Waals surface area contributed by atoms with Crippen molar-refractivity contribution in [3.63, 3.8) is 0 Å². The van der Waals surface area contributed by atoms with Crippen LogP contribution >= 0.6 is 0 Å². The first-order chi connectivity index (χ1) is 13.9. The molecule has 0 radical (unpaired) electrons. The molecule has 0 aliphatic heterocycles. The third kappa shape index (κ3) is 3.54. The zero-order chi connectivity index (χ0) is 20.6. The molecule has 6 heteroatoms. The fourth-order valence-electron chi connectivity index (χ4n) is 3.32. The normalized spacial score (nSPS) is 11.5. The van der Waals surface area contributed by atoms with Crippen LogP contribution < -0.4 is 0 Å². The van der Waals surface area contributed by atoms with Gasteiger partial charge in [0, 0.05) is 18.0 Å². The number of hydrogen-bond donors (Lipinski definition) is 1. The molecular weight excluding hydrogens is 389 g/mol. The highest BCUT2D eigenvalue weighted by atomic mass is 32.2. The number of rotatable bonds is 4. The van der Waals surface area contributed by atoms with Gasteiger partial charge in [0.05, 0.1) is 16.1 Å². The van der Waals surface area contributed by atoms with Crippen LogP contribution in [-0.4, -0.2) is 24.3 Å². The van der Waals surface area contributed by atoms with Gasteiger partial charge in [0.1, 0.15) is 5.82 Å². The summed E-state index contributed by atoms with van der Waals surface area (Å²) in [5, 5.41) is 11.0. The van der Waals surface area contributed by atoms with Gasteiger partial charge in [-0.1, -0.05) is 54.6 Å². The summed E-state index contributed by atoms with van der Waals surface area (Å²) in [4.78, 5) is 0.209. The van der Waals surface area contributed by atoms with Gasteiger partial charge in [-0.15, -0.1) is 0 Å². The minimum Gasteiger partial charge on any atom is -0.494 e. The number of hydrogen-bond acceptors (Lipinski definition) is 3. The Balaban J connectivity index is 1.96. The molecule has 29 heavy (non-hydrogen) atoms. The standard InChI is InChI=1S/C23H18FNO3S/c1-29(27,28)18-13-11-16(12-14-18)19-15-25(21-10-6-5-9-20(21)24)23(26)22(19)17-7-3-2-4-8-17/h2-15,26H,1H3. The van der Waals surface area contributed by atoms with Gasteiger partial charge in [0.25, 0.3) is 0 Å². The van der Waals surface area contributed by atoms with E-state index in [1.165, 1.54) is 22.8 Å². The van der Waals surface area contributed by atoms with Crippen LogP contribution in [0.15, 0.2) is 90.0 Å². The molecule has 4 rings (SSSR count). The minimum absolute atomic E-state index is 0.0940. The van der Waals surface area contributed by atoms with Gasteiger partial charge in [0.15, 0.2) is 9.84 Å². The second-order valence-electron chi connectivity index (χ2n) is 6.73. The van der Waals surface area contributed by atoms with Crippen LogP contribution in [0.3, 0.4) is 0 Å². The van der Waals surface area contributed by atoms with Crippen LogP contribution in [0.2, 0.25) is 0 Å². The van der Waals surface area contributed by atoms with Crippen LogP contribution in [0.1, 0.15) is 0 Å². The van der Waals surface area contributed by atoms with Crippen molar-refractivity contribution in [3.05, 3.63) is 90.9 Å². The van der Waals surface area contributed by atoms with E-state index in [0.717, 1.165) is 11.8 Å². The molecule has 1 aromatic heterocycles. The predicted molar refractivity (Wildman–Crippen MR) is 111 cm³/mol. The molecule has 4 aromatic rings. The van der Waals surface area contributed by atoms with E-state index in [-0.39, 0.29) is 16.5 Å². The van der Waals surface area contributed by atoms with Crippen LogP contribution in [0.4, 0.5) is 4.39 Å². The summed E-state index contributed by atoms with van der Waals surface area (Å²) in [5.74, 6) is -0.556. The molecule has 0 aliphatic carbocycles. The summed E-state index contributed by atoms with van der Waals surface area (Å²) in [6.45, 7) is 0. The van der Waals surface area contributed by atoms with Gasteiger partial charge in [-0.3, -0.25) is 4.57 Å². The molecule has 0 aliphatic rings. The van der Waals surface area contributed by atoms with Crippen molar-refractivity contribution in [2.45, 2.75) is 4.90 Å². The Labute approximate surface area is 168 Å². The fraction of sp³-hybridized carbons (Fsp3) is 0.0435. The summed E-state index contributed by atoms with van der Waals surface area (Å²) in [6, 6.07) is 21.9. The smallest absolute Gasteiger partial charge is 0.204 e. The lowest BCUT2D eigenvalue weighted by atomic mass is 9.99. The highest BCUT2D eigenvalue weighted by Crippen LogP contribution is 2.42. The SMILES string of the molecule is CS(=O)(=O)c1ccc(-c2cn(-c3ccccc3F)c(O)c2-c2ccccc2)cc1. The number of sulfone groups is 1. The number of aromatic hydroxyl groups is 1. The van der Waals surface area contributed by atoms with Gasteiger partial charge in [0.2, 0.25) is 5.88 Å². The number of para-hydroxylation sites is 1. The van der Waals surface area contributed by atoms with Crippen molar-refractivity contribution in [1.82, 2.24) is 4.57 Å². The van der Waals surface area contributed by atoms with Crippen LogP contribution in [0.5, 0.6) is 5.88 Å². The van der Waals surface area contributed by atoms with Gasteiger partial charge in [-0.25, -0.2) is 12.8 Å². The lowest BCUT2D eigenvalue weighted by molar-refractivity contribution is 0.442. The maximum Gasteiger partial charge on any atom is 0.204 e. The van der Waals surface area contributed by atoms with E-state index >= 15 is 0 Å². The Kier molecular flexibility index (Phi) is 4.72. The second kappa shape index (κ2) is 7.22. The lowest BCUT2D eigenvalue weighted by Crippen LogP contribution is -1.96. The second-order valence-corrected chi connectivity index (χ2v) is 8.74. The van der Waals surface area contributed by atoms with E-state index in [1.54, 1.807) is 36.5 Å². The van der Waals surface area contributed by atoms with Crippen LogP contribution in [0.25, 0.3) is 27.9 Å². The highest BCUT2D eigenvalue weighted by Gasteiger charge is 2.21. The average molecular weight is 407 g/mol. The number of aromatic nitrogens is 1. The fourth-order valence-corrected chi connectivity index (χ4v) is 3.95. The van der Waals surface area contributed by atoms with Gasteiger partial charge < -0.3 is 5.11 Å². The average Bonchev–Trinajstić information content (AvgIpc) is 3.05. The molecule has 0 fully saturated rings. The summed E-state index contributed by atoms with van der Waals surface area (Å²) in [6.07, 6.45) is 2.81. The number of halogens is 1. The van der Waals surface area contributed by atoms with Gasteiger partial charge in [-0.2, -0.15) is 0 Å². The number of nitrogens with zero attached hydrogens (tertiary/aromatic N) is 1. The van der Waals surface area contributed by atoms with E-state index in [1.807, 2.05) is 30.3 Å². The van der Waals surface area contributed by atoms with Crippen molar-refractivity contribution in [2.75, 3.05) is 6.26 Å². The Morgan fingerprint density at radius 3 is 2.07 bits per heavy atom. The van der Waals surface area contributed by atoms with Crippen molar-refractivity contribution < 1.29 is 17.9 Å². The van der Waals surface area contributed by atoms with Crippen LogP contribution in [0, 0.1) is 5.82 Å². The number of benzene rings is 3. The summed E-state index contributed by atoms with van der Waals surface area (Å²) < 4.78 is 39.3. The summed E-state index contributed by atoms with van der Waals surface area (Å²) >= 11 is 0. The molecule has 1 heterocycles. The van der Waals surface area contributed by atoms with Gasteiger partial charge >= 0.3 is 0 Å². The molecule has 0 amide bonds. The highest BCUT2D eigenvalue weighted by molar-refractivity contribution is 7.90. The molecule has 0 unspecified atom stereocenters. The molecule has 3 aromatic carbocycles. The lowest BCUT2D eigenvalue weighted by Gasteiger charge is -2.07. The molecular formula is C23H18FNO3S. The molecule has 4 nitrogen and oxygen atoms in total. The molecule has 0 saturated heterocycles. The van der Waals surface area contributed by atoms with Crippen molar-refractivity contribution in [1.29, 1.82) is 0 Å². The first kappa shape index (κ1) is 19.0. The summed E-state index contributed by atoms with van der Waals surface area (Å²) in [5.41, 5.74) is 2.91.